The van der Waals surface area contributed by atoms with E-state index < -0.39 is 0 Å². The van der Waals surface area contributed by atoms with Crippen molar-refractivity contribution in [1.29, 1.82) is 0 Å². The highest BCUT2D eigenvalue weighted by Crippen LogP contribution is 2.27. The van der Waals surface area contributed by atoms with Gasteiger partial charge in [-0.2, -0.15) is 0 Å². The first-order chi connectivity index (χ1) is 5.46. The fourth-order valence-corrected chi connectivity index (χ4v) is 1.29. The maximum atomic E-state index is 11.4. The maximum Gasteiger partial charge on any atom is 0.249 e. The minimum atomic E-state index is -0.305. The van der Waals surface area contributed by atoms with Crippen molar-refractivity contribution in [3.05, 3.63) is 0 Å². The van der Waals surface area contributed by atoms with E-state index in [1.54, 1.807) is 0 Å². The summed E-state index contributed by atoms with van der Waals surface area (Å²) in [6.45, 7) is 7.92. The fourth-order valence-electron chi connectivity index (χ4n) is 1.29. The van der Waals surface area contributed by atoms with Crippen LogP contribution >= 0.6 is 0 Å². The molecule has 1 atom stereocenters. The van der Waals surface area contributed by atoms with Crippen molar-refractivity contribution in [2.45, 2.75) is 52.2 Å². The van der Waals surface area contributed by atoms with Crippen molar-refractivity contribution in [1.82, 2.24) is 5.06 Å². The van der Waals surface area contributed by atoms with Gasteiger partial charge in [0, 0.05) is 0 Å². The van der Waals surface area contributed by atoms with Crippen molar-refractivity contribution in [2.24, 2.45) is 0 Å². The summed E-state index contributed by atoms with van der Waals surface area (Å²) >= 11 is 0. The lowest BCUT2D eigenvalue weighted by Gasteiger charge is -2.24. The normalized spacial score (nSPS) is 24.7. The second-order valence-corrected chi connectivity index (χ2v) is 4.00. The van der Waals surface area contributed by atoms with Crippen LogP contribution in [0, 0.1) is 0 Å². The Morgan fingerprint density at radius 3 is 2.58 bits per heavy atom. The molecule has 1 aliphatic rings. The number of nitrogens with zero attached hydrogens (tertiary/aromatic N) is 1. The first kappa shape index (κ1) is 9.52. The van der Waals surface area contributed by atoms with E-state index in [2.05, 4.69) is 0 Å². The standard InChI is InChI=1S/C9H17NO2/c1-5-7(2)10-8(11)6-9(3,4)12-10/h7H,5-6H2,1-4H3. The van der Waals surface area contributed by atoms with Crippen LogP contribution in [-0.4, -0.2) is 22.6 Å². The number of hydrogen-bond acceptors (Lipinski definition) is 2. The summed E-state index contributed by atoms with van der Waals surface area (Å²) in [4.78, 5) is 16.9. The van der Waals surface area contributed by atoms with Crippen molar-refractivity contribution < 1.29 is 9.63 Å². The molecule has 0 N–H and O–H groups in total. The van der Waals surface area contributed by atoms with Crippen molar-refractivity contribution in [2.75, 3.05) is 0 Å². The van der Waals surface area contributed by atoms with Crippen LogP contribution < -0.4 is 0 Å². The highest BCUT2D eigenvalue weighted by molar-refractivity contribution is 5.78. The molecule has 0 aliphatic carbocycles. The van der Waals surface area contributed by atoms with E-state index in [4.69, 9.17) is 4.84 Å². The van der Waals surface area contributed by atoms with Gasteiger partial charge in [-0.3, -0.25) is 9.63 Å². The molecule has 12 heavy (non-hydrogen) atoms. The zero-order chi connectivity index (χ0) is 9.35. The smallest absolute Gasteiger partial charge is 0.249 e. The molecule has 0 spiro atoms. The Hall–Kier alpha value is -0.570. The number of carbonyl (C=O) groups excluding carboxylic acids is 1. The van der Waals surface area contributed by atoms with Crippen LogP contribution in [0.5, 0.6) is 0 Å². The van der Waals surface area contributed by atoms with Gasteiger partial charge in [0.15, 0.2) is 0 Å². The summed E-state index contributed by atoms with van der Waals surface area (Å²) in [5.74, 6) is 0.106. The molecule has 0 saturated carbocycles. The van der Waals surface area contributed by atoms with Gasteiger partial charge in [0.25, 0.3) is 0 Å². The summed E-state index contributed by atoms with van der Waals surface area (Å²) < 4.78 is 0. The van der Waals surface area contributed by atoms with Crippen LogP contribution in [0.3, 0.4) is 0 Å². The summed E-state index contributed by atoms with van der Waals surface area (Å²) in [7, 11) is 0. The quantitative estimate of drug-likeness (QED) is 0.633. The molecule has 0 aromatic carbocycles. The van der Waals surface area contributed by atoms with Gasteiger partial charge in [-0.05, 0) is 27.2 Å². The van der Waals surface area contributed by atoms with Gasteiger partial charge in [0.05, 0.1) is 18.1 Å². The Balaban J connectivity index is 2.64. The predicted molar refractivity (Wildman–Crippen MR) is 46.4 cm³/mol. The van der Waals surface area contributed by atoms with Gasteiger partial charge in [-0.1, -0.05) is 6.92 Å². The van der Waals surface area contributed by atoms with Crippen molar-refractivity contribution in [3.63, 3.8) is 0 Å². The molecule has 0 aromatic heterocycles. The van der Waals surface area contributed by atoms with E-state index in [9.17, 15) is 4.79 Å². The molecule has 3 heteroatoms. The topological polar surface area (TPSA) is 29.5 Å². The molecule has 3 nitrogen and oxygen atoms in total. The number of hydrogen-bond donors (Lipinski definition) is 0. The van der Waals surface area contributed by atoms with Crippen LogP contribution in [0.2, 0.25) is 0 Å². The van der Waals surface area contributed by atoms with Gasteiger partial charge in [0.2, 0.25) is 5.91 Å². The van der Waals surface area contributed by atoms with Crippen molar-refractivity contribution in [3.8, 4) is 0 Å². The molecule has 1 saturated heterocycles. The van der Waals surface area contributed by atoms with E-state index in [0.717, 1.165) is 6.42 Å². The predicted octanol–water partition coefficient (Wildman–Crippen LogP) is 1.73. The molecular weight excluding hydrogens is 154 g/mol. The summed E-state index contributed by atoms with van der Waals surface area (Å²) in [5, 5.41) is 1.51. The minimum Gasteiger partial charge on any atom is -0.272 e. The third-order valence-electron chi connectivity index (χ3n) is 2.16. The molecule has 1 fully saturated rings. The van der Waals surface area contributed by atoms with E-state index >= 15 is 0 Å². The molecule has 0 radical (unpaired) electrons. The van der Waals surface area contributed by atoms with Crippen LogP contribution in [0.4, 0.5) is 0 Å². The Bertz CT molecular complexity index is 189. The zero-order valence-corrected chi connectivity index (χ0v) is 8.26. The number of hydroxylamine groups is 2. The van der Waals surface area contributed by atoms with Gasteiger partial charge in [-0.25, -0.2) is 5.06 Å². The highest BCUT2D eigenvalue weighted by Gasteiger charge is 2.39. The van der Waals surface area contributed by atoms with E-state index in [-0.39, 0.29) is 17.6 Å². The Morgan fingerprint density at radius 2 is 2.25 bits per heavy atom. The zero-order valence-electron chi connectivity index (χ0n) is 8.26. The van der Waals surface area contributed by atoms with E-state index in [0.29, 0.717) is 6.42 Å². The largest absolute Gasteiger partial charge is 0.272 e. The summed E-state index contributed by atoms with van der Waals surface area (Å²) in [5.41, 5.74) is -0.305. The third kappa shape index (κ3) is 1.78. The molecule has 1 heterocycles. The van der Waals surface area contributed by atoms with E-state index in [1.165, 1.54) is 5.06 Å². The maximum absolute atomic E-state index is 11.4. The second kappa shape index (κ2) is 3.05. The van der Waals surface area contributed by atoms with Gasteiger partial charge >= 0.3 is 0 Å². The summed E-state index contributed by atoms with van der Waals surface area (Å²) in [6.07, 6.45) is 1.43. The second-order valence-electron chi connectivity index (χ2n) is 4.00. The molecule has 1 unspecified atom stereocenters. The Kier molecular flexibility index (Phi) is 2.42. The lowest BCUT2D eigenvalue weighted by atomic mass is 10.1. The van der Waals surface area contributed by atoms with Crippen molar-refractivity contribution >= 4 is 5.91 Å². The van der Waals surface area contributed by atoms with E-state index in [1.807, 2.05) is 27.7 Å². The van der Waals surface area contributed by atoms with Crippen LogP contribution in [0.15, 0.2) is 0 Å². The first-order valence-electron chi connectivity index (χ1n) is 4.47. The molecule has 0 bridgehead atoms. The van der Waals surface area contributed by atoms with Gasteiger partial charge in [0.1, 0.15) is 0 Å². The molecule has 1 amide bonds. The Morgan fingerprint density at radius 1 is 1.67 bits per heavy atom. The first-order valence-corrected chi connectivity index (χ1v) is 4.47. The van der Waals surface area contributed by atoms with Gasteiger partial charge in [-0.15, -0.1) is 0 Å². The van der Waals surface area contributed by atoms with Crippen LogP contribution in [0.25, 0.3) is 0 Å². The average molecular weight is 171 g/mol. The molecule has 0 aromatic rings. The third-order valence-corrected chi connectivity index (χ3v) is 2.16. The average Bonchev–Trinajstić information content (AvgIpc) is 2.23. The SMILES string of the molecule is CCC(C)N1OC(C)(C)CC1=O. The van der Waals surface area contributed by atoms with Gasteiger partial charge < -0.3 is 0 Å². The highest BCUT2D eigenvalue weighted by atomic mass is 16.7. The van der Waals surface area contributed by atoms with Crippen LogP contribution in [-0.2, 0) is 9.63 Å². The lowest BCUT2D eigenvalue weighted by molar-refractivity contribution is -0.205. The minimum absolute atomic E-state index is 0.106. The fraction of sp³-hybridized carbons (Fsp3) is 0.889. The molecule has 1 rings (SSSR count). The lowest BCUT2D eigenvalue weighted by Crippen LogP contribution is -2.33. The number of amides is 1. The molecular formula is C9H17NO2. The summed E-state index contributed by atoms with van der Waals surface area (Å²) in [6, 6.07) is 0.194. The molecule has 70 valence electrons. The Labute approximate surface area is 73.6 Å². The monoisotopic (exact) mass is 171 g/mol. The number of rotatable bonds is 2. The number of carbonyl (C=O) groups is 1. The van der Waals surface area contributed by atoms with Crippen LogP contribution in [0.1, 0.15) is 40.5 Å². The molecule has 1 aliphatic heterocycles.